The monoisotopic (exact) mass is 246 g/mol. The van der Waals surface area contributed by atoms with Crippen LogP contribution in [0.15, 0.2) is 30.7 Å². The minimum Gasteiger partial charge on any atom is -0.497 e. The van der Waals surface area contributed by atoms with Crippen molar-refractivity contribution < 1.29 is 14.3 Å². The molecular formula is C13H14N2O3. The van der Waals surface area contributed by atoms with E-state index in [0.717, 1.165) is 0 Å². The number of aryl methyl sites for hydroxylation is 1. The van der Waals surface area contributed by atoms with E-state index in [9.17, 15) is 4.79 Å². The summed E-state index contributed by atoms with van der Waals surface area (Å²) in [6.07, 6.45) is 3.25. The van der Waals surface area contributed by atoms with Crippen LogP contribution in [0.3, 0.4) is 0 Å². The lowest BCUT2D eigenvalue weighted by atomic mass is 10.1. The third-order valence-corrected chi connectivity index (χ3v) is 2.59. The van der Waals surface area contributed by atoms with Gasteiger partial charge in [0.25, 0.3) is 0 Å². The van der Waals surface area contributed by atoms with Gasteiger partial charge in [-0.05, 0) is 18.2 Å². The molecule has 18 heavy (non-hydrogen) atoms. The molecular weight excluding hydrogens is 232 g/mol. The first-order valence-corrected chi connectivity index (χ1v) is 5.40. The quantitative estimate of drug-likeness (QED) is 0.770. The molecule has 94 valence electrons. The number of aromatic nitrogens is 2. The summed E-state index contributed by atoms with van der Waals surface area (Å²) >= 11 is 0. The molecule has 0 radical (unpaired) electrons. The summed E-state index contributed by atoms with van der Waals surface area (Å²) in [5.41, 5.74) is 0.819. The van der Waals surface area contributed by atoms with E-state index in [4.69, 9.17) is 9.47 Å². The lowest BCUT2D eigenvalue weighted by Gasteiger charge is -2.08. The van der Waals surface area contributed by atoms with Crippen LogP contribution >= 0.6 is 0 Å². The van der Waals surface area contributed by atoms with E-state index in [1.807, 2.05) is 7.05 Å². The smallest absolute Gasteiger partial charge is 0.216 e. The van der Waals surface area contributed by atoms with Crippen LogP contribution in [0.4, 0.5) is 0 Å². The summed E-state index contributed by atoms with van der Waals surface area (Å²) in [6.45, 7) is 0. The zero-order valence-electron chi connectivity index (χ0n) is 10.5. The van der Waals surface area contributed by atoms with Gasteiger partial charge >= 0.3 is 0 Å². The van der Waals surface area contributed by atoms with Crippen molar-refractivity contribution in [2.75, 3.05) is 14.2 Å². The Labute approximate surface area is 105 Å². The van der Waals surface area contributed by atoms with Gasteiger partial charge in [0, 0.05) is 13.2 Å². The molecule has 5 nitrogen and oxygen atoms in total. The number of ether oxygens (including phenoxy) is 2. The number of rotatable bonds is 4. The first-order chi connectivity index (χ1) is 8.65. The van der Waals surface area contributed by atoms with Gasteiger partial charge in [0.15, 0.2) is 0 Å². The summed E-state index contributed by atoms with van der Waals surface area (Å²) in [7, 11) is 4.89. The minimum absolute atomic E-state index is 0.189. The van der Waals surface area contributed by atoms with Gasteiger partial charge in [-0.25, -0.2) is 4.98 Å². The fourth-order valence-corrected chi connectivity index (χ4v) is 1.66. The topological polar surface area (TPSA) is 53.4 Å². The lowest BCUT2D eigenvalue weighted by molar-refractivity contribution is 0.103. The molecule has 0 aliphatic heterocycles. The Morgan fingerprint density at radius 2 is 2.06 bits per heavy atom. The highest BCUT2D eigenvalue weighted by Crippen LogP contribution is 2.25. The number of imidazole rings is 1. The van der Waals surface area contributed by atoms with Crippen LogP contribution in [0, 0.1) is 0 Å². The van der Waals surface area contributed by atoms with Crippen molar-refractivity contribution in [2.45, 2.75) is 0 Å². The molecule has 5 heteroatoms. The van der Waals surface area contributed by atoms with Crippen molar-refractivity contribution >= 4 is 5.78 Å². The maximum Gasteiger partial charge on any atom is 0.216 e. The second-order valence-corrected chi connectivity index (χ2v) is 3.82. The fourth-order valence-electron chi connectivity index (χ4n) is 1.66. The van der Waals surface area contributed by atoms with Crippen molar-refractivity contribution in [3.8, 4) is 11.5 Å². The van der Waals surface area contributed by atoms with Gasteiger partial charge in [-0.1, -0.05) is 0 Å². The molecule has 0 saturated carbocycles. The highest BCUT2D eigenvalue weighted by atomic mass is 16.5. The molecule has 0 bridgehead atoms. The Hall–Kier alpha value is -2.30. The molecule has 0 unspecified atom stereocenters. The van der Waals surface area contributed by atoms with Gasteiger partial charge in [-0.2, -0.15) is 0 Å². The van der Waals surface area contributed by atoms with E-state index >= 15 is 0 Å². The average molecular weight is 246 g/mol. The molecule has 0 N–H and O–H groups in total. The Morgan fingerprint density at radius 1 is 1.28 bits per heavy atom. The molecule has 1 heterocycles. The Balaban J connectivity index is 2.45. The van der Waals surface area contributed by atoms with Crippen molar-refractivity contribution in [2.24, 2.45) is 7.05 Å². The van der Waals surface area contributed by atoms with Gasteiger partial charge in [-0.3, -0.25) is 4.79 Å². The zero-order valence-corrected chi connectivity index (χ0v) is 10.5. The summed E-state index contributed by atoms with van der Waals surface area (Å²) in [5, 5.41) is 0. The van der Waals surface area contributed by atoms with E-state index in [1.165, 1.54) is 7.11 Å². The van der Waals surface area contributed by atoms with Crippen LogP contribution in [0.5, 0.6) is 11.5 Å². The van der Waals surface area contributed by atoms with Crippen molar-refractivity contribution in [1.82, 2.24) is 9.55 Å². The van der Waals surface area contributed by atoms with Gasteiger partial charge in [0.1, 0.15) is 17.2 Å². The van der Waals surface area contributed by atoms with Crippen LogP contribution in [0.1, 0.15) is 16.1 Å². The number of methoxy groups -OCH3 is 2. The molecule has 0 aliphatic rings. The maximum absolute atomic E-state index is 12.3. The van der Waals surface area contributed by atoms with Crippen LogP contribution in [-0.4, -0.2) is 29.6 Å². The van der Waals surface area contributed by atoms with E-state index in [2.05, 4.69) is 4.98 Å². The molecule has 0 saturated heterocycles. The summed E-state index contributed by atoms with van der Waals surface area (Å²) in [4.78, 5) is 16.3. The number of hydrogen-bond acceptors (Lipinski definition) is 4. The SMILES string of the molecule is COc1ccc(OC)c(C(=O)c2cn(C)cn2)c1. The summed E-state index contributed by atoms with van der Waals surface area (Å²) in [5.74, 6) is 0.924. The second-order valence-electron chi connectivity index (χ2n) is 3.82. The standard InChI is InChI=1S/C13H14N2O3/c1-15-7-11(14-8-15)13(16)10-6-9(17-2)4-5-12(10)18-3/h4-8H,1-3H3. The van der Waals surface area contributed by atoms with Crippen molar-refractivity contribution in [3.63, 3.8) is 0 Å². The third kappa shape index (κ3) is 2.20. The predicted octanol–water partition coefficient (Wildman–Crippen LogP) is 1.67. The zero-order chi connectivity index (χ0) is 13.1. The fraction of sp³-hybridized carbons (Fsp3) is 0.231. The summed E-state index contributed by atoms with van der Waals surface area (Å²) in [6, 6.07) is 5.10. The van der Waals surface area contributed by atoms with E-state index < -0.39 is 0 Å². The summed E-state index contributed by atoms with van der Waals surface area (Å²) < 4.78 is 12.0. The van der Waals surface area contributed by atoms with Crippen molar-refractivity contribution in [1.29, 1.82) is 0 Å². The van der Waals surface area contributed by atoms with Crippen LogP contribution in [0.25, 0.3) is 0 Å². The highest BCUT2D eigenvalue weighted by molar-refractivity contribution is 6.09. The number of carbonyl (C=O) groups is 1. The van der Waals surface area contributed by atoms with Gasteiger partial charge in [0.2, 0.25) is 5.78 Å². The molecule has 2 rings (SSSR count). The molecule has 0 spiro atoms. The van der Waals surface area contributed by atoms with Crippen molar-refractivity contribution in [3.05, 3.63) is 42.0 Å². The first-order valence-electron chi connectivity index (χ1n) is 5.40. The highest BCUT2D eigenvalue weighted by Gasteiger charge is 2.17. The molecule has 0 atom stereocenters. The number of nitrogens with zero attached hydrogens (tertiary/aromatic N) is 2. The predicted molar refractivity (Wildman–Crippen MR) is 66.2 cm³/mol. The second kappa shape index (κ2) is 4.91. The Bertz CT molecular complexity index is 575. The van der Waals surface area contributed by atoms with Crippen LogP contribution in [0.2, 0.25) is 0 Å². The molecule has 0 aliphatic carbocycles. The first kappa shape index (κ1) is 12.2. The number of benzene rings is 1. The molecule has 1 aromatic heterocycles. The Morgan fingerprint density at radius 3 is 2.61 bits per heavy atom. The van der Waals surface area contributed by atoms with E-state index in [0.29, 0.717) is 22.8 Å². The number of ketones is 1. The van der Waals surface area contributed by atoms with Crippen LogP contribution < -0.4 is 9.47 Å². The number of carbonyl (C=O) groups excluding carboxylic acids is 1. The third-order valence-electron chi connectivity index (χ3n) is 2.59. The minimum atomic E-state index is -0.189. The van der Waals surface area contributed by atoms with Gasteiger partial charge < -0.3 is 14.0 Å². The lowest BCUT2D eigenvalue weighted by Crippen LogP contribution is -2.05. The van der Waals surface area contributed by atoms with Gasteiger partial charge in [-0.15, -0.1) is 0 Å². The average Bonchev–Trinajstić information content (AvgIpc) is 2.83. The van der Waals surface area contributed by atoms with E-state index in [-0.39, 0.29) is 5.78 Å². The molecule has 2 aromatic rings. The molecule has 0 amide bonds. The van der Waals surface area contributed by atoms with E-state index in [1.54, 1.807) is 42.4 Å². The largest absolute Gasteiger partial charge is 0.497 e. The number of hydrogen-bond donors (Lipinski definition) is 0. The molecule has 1 aromatic carbocycles. The van der Waals surface area contributed by atoms with Crippen LogP contribution in [-0.2, 0) is 7.05 Å². The van der Waals surface area contributed by atoms with Gasteiger partial charge in [0.05, 0.1) is 26.1 Å². The molecule has 0 fully saturated rings. The normalized spacial score (nSPS) is 10.2. The maximum atomic E-state index is 12.3. The Kier molecular flexibility index (Phi) is 3.32.